The first-order valence-electron chi connectivity index (χ1n) is 7.02. The molecule has 0 unspecified atom stereocenters. The molecule has 6 heteroatoms. The molecule has 1 atom stereocenters. The van der Waals surface area contributed by atoms with Gasteiger partial charge in [0, 0.05) is 6.42 Å². The van der Waals surface area contributed by atoms with Gasteiger partial charge in [0.15, 0.2) is 0 Å². The van der Waals surface area contributed by atoms with Gasteiger partial charge in [-0.15, -0.1) is 0 Å². The minimum absolute atomic E-state index is 0.0263. The number of carbonyl (C=O) groups excluding carboxylic acids is 3. The number of hydrogen-bond donors (Lipinski definition) is 2. The lowest BCUT2D eigenvalue weighted by molar-refractivity contribution is -0.152. The molecule has 20 heavy (non-hydrogen) atoms. The van der Waals surface area contributed by atoms with Crippen LogP contribution in [0.2, 0.25) is 0 Å². The van der Waals surface area contributed by atoms with Gasteiger partial charge in [0.25, 0.3) is 0 Å². The third-order valence-corrected chi connectivity index (χ3v) is 3.83. The average Bonchev–Trinajstić information content (AvgIpc) is 2.36. The van der Waals surface area contributed by atoms with E-state index in [4.69, 9.17) is 10.5 Å². The van der Waals surface area contributed by atoms with Crippen LogP contribution < -0.4 is 11.1 Å². The molecule has 2 amide bonds. The fourth-order valence-electron chi connectivity index (χ4n) is 2.39. The van der Waals surface area contributed by atoms with Crippen LogP contribution in [0, 0.1) is 5.41 Å². The van der Waals surface area contributed by atoms with E-state index in [1.54, 1.807) is 0 Å². The van der Waals surface area contributed by atoms with E-state index in [2.05, 4.69) is 19.2 Å². The highest BCUT2D eigenvalue weighted by Gasteiger charge is 2.29. The van der Waals surface area contributed by atoms with E-state index in [0.29, 0.717) is 11.8 Å². The maximum Gasteiger partial charge on any atom is 0.306 e. The van der Waals surface area contributed by atoms with E-state index in [0.717, 1.165) is 25.7 Å². The van der Waals surface area contributed by atoms with E-state index < -0.39 is 11.9 Å². The number of nitrogens with two attached hydrogens (primary N) is 1. The second-order valence-electron chi connectivity index (χ2n) is 6.13. The second kappa shape index (κ2) is 7.26. The fourth-order valence-corrected chi connectivity index (χ4v) is 2.39. The summed E-state index contributed by atoms with van der Waals surface area (Å²) in [5, 5.41) is 2.29. The predicted octanol–water partition coefficient (Wildman–Crippen LogP) is 0.879. The molecule has 114 valence electrons. The Morgan fingerprint density at radius 3 is 2.50 bits per heavy atom. The largest absolute Gasteiger partial charge is 0.462 e. The molecule has 0 saturated heterocycles. The highest BCUT2D eigenvalue weighted by molar-refractivity contribution is 5.82. The van der Waals surface area contributed by atoms with E-state index >= 15 is 0 Å². The van der Waals surface area contributed by atoms with Gasteiger partial charge in [-0.25, -0.2) is 0 Å². The Kier molecular flexibility index (Phi) is 5.98. The molecule has 1 saturated carbocycles. The normalized spacial score (nSPS) is 19.9. The van der Waals surface area contributed by atoms with Crippen LogP contribution in [0.1, 0.15) is 52.4 Å². The fraction of sp³-hybridized carbons (Fsp3) is 0.786. The van der Waals surface area contributed by atoms with E-state index in [9.17, 15) is 14.4 Å². The Labute approximate surface area is 119 Å². The van der Waals surface area contributed by atoms with E-state index in [-0.39, 0.29) is 24.9 Å². The minimum atomic E-state index is -0.815. The summed E-state index contributed by atoms with van der Waals surface area (Å²) in [6.45, 7) is 4.43. The van der Waals surface area contributed by atoms with Crippen molar-refractivity contribution < 1.29 is 19.1 Å². The third kappa shape index (κ3) is 5.59. The molecule has 1 aliphatic rings. The van der Waals surface area contributed by atoms with Crippen LogP contribution in [0.15, 0.2) is 0 Å². The first-order chi connectivity index (χ1) is 9.34. The van der Waals surface area contributed by atoms with Gasteiger partial charge in [-0.2, -0.15) is 0 Å². The van der Waals surface area contributed by atoms with Gasteiger partial charge >= 0.3 is 5.97 Å². The Morgan fingerprint density at radius 1 is 1.40 bits per heavy atom. The zero-order chi connectivity index (χ0) is 15.2. The molecule has 0 aromatic rings. The van der Waals surface area contributed by atoms with Gasteiger partial charge in [-0.1, -0.05) is 13.8 Å². The van der Waals surface area contributed by atoms with Crippen molar-refractivity contribution in [3.05, 3.63) is 0 Å². The minimum Gasteiger partial charge on any atom is -0.462 e. The van der Waals surface area contributed by atoms with Crippen LogP contribution in [-0.2, 0) is 19.1 Å². The molecule has 3 N–H and O–H groups in total. The number of primary amides is 1. The Bertz CT molecular complexity index is 358. The summed E-state index contributed by atoms with van der Waals surface area (Å²) in [6, 6.07) is -0.815. The third-order valence-electron chi connectivity index (χ3n) is 3.83. The predicted molar refractivity (Wildman–Crippen MR) is 73.5 cm³/mol. The molecule has 1 aliphatic carbocycles. The summed E-state index contributed by atoms with van der Waals surface area (Å²) in [6.07, 6.45) is 4.48. The average molecular weight is 284 g/mol. The van der Waals surface area contributed by atoms with Crippen LogP contribution in [-0.4, -0.2) is 30.4 Å². The van der Waals surface area contributed by atoms with Crippen molar-refractivity contribution in [3.63, 3.8) is 0 Å². The van der Waals surface area contributed by atoms with Crippen LogP contribution >= 0.6 is 0 Å². The number of rotatable bonds is 7. The van der Waals surface area contributed by atoms with Gasteiger partial charge in [0.05, 0.1) is 0 Å². The lowest BCUT2D eigenvalue weighted by Crippen LogP contribution is -2.41. The SMILES string of the molecule is CC1(C)CCC(OC(=O)CC[C@H](NC=O)C(N)=O)CC1. The molecule has 0 bridgehead atoms. The zero-order valence-electron chi connectivity index (χ0n) is 12.2. The van der Waals surface area contributed by atoms with Crippen molar-refractivity contribution in [2.24, 2.45) is 11.1 Å². The number of hydrogen-bond acceptors (Lipinski definition) is 4. The number of amides is 2. The van der Waals surface area contributed by atoms with E-state index in [1.165, 1.54) is 0 Å². The van der Waals surface area contributed by atoms with Crippen LogP contribution in [0.5, 0.6) is 0 Å². The summed E-state index contributed by atoms with van der Waals surface area (Å²) in [4.78, 5) is 33.0. The maximum absolute atomic E-state index is 11.7. The van der Waals surface area contributed by atoms with Crippen LogP contribution in [0.4, 0.5) is 0 Å². The standard InChI is InChI=1S/C14H24N2O4/c1-14(2)7-5-10(6-8-14)20-12(18)4-3-11(13(15)19)16-9-17/h9-11H,3-8H2,1-2H3,(H2,15,19)(H,16,17)/t11-/m0/s1. The number of ether oxygens (including phenoxy) is 1. The van der Waals surface area contributed by atoms with Crippen LogP contribution in [0.3, 0.4) is 0 Å². The zero-order valence-corrected chi connectivity index (χ0v) is 12.2. The Morgan fingerprint density at radius 2 is 2.00 bits per heavy atom. The van der Waals surface area contributed by atoms with Gasteiger partial charge in [-0.05, 0) is 37.5 Å². The molecule has 0 heterocycles. The highest BCUT2D eigenvalue weighted by Crippen LogP contribution is 2.36. The molecule has 0 aliphatic heterocycles. The number of esters is 1. The first-order valence-corrected chi connectivity index (χ1v) is 7.02. The molecule has 1 rings (SSSR count). The van der Waals surface area contributed by atoms with Crippen LogP contribution in [0.25, 0.3) is 0 Å². The quantitative estimate of drug-likeness (QED) is 0.535. The molecule has 1 fully saturated rings. The van der Waals surface area contributed by atoms with Crippen molar-refractivity contribution in [3.8, 4) is 0 Å². The lowest BCUT2D eigenvalue weighted by atomic mass is 9.76. The molecule has 0 spiro atoms. The highest BCUT2D eigenvalue weighted by atomic mass is 16.5. The van der Waals surface area contributed by atoms with Gasteiger partial charge in [0.1, 0.15) is 12.1 Å². The van der Waals surface area contributed by atoms with Crippen molar-refractivity contribution in [2.75, 3.05) is 0 Å². The summed E-state index contributed by atoms with van der Waals surface area (Å²) < 4.78 is 5.39. The monoisotopic (exact) mass is 284 g/mol. The number of nitrogens with one attached hydrogen (secondary N) is 1. The molecule has 0 radical (unpaired) electrons. The summed E-state index contributed by atoms with van der Waals surface area (Å²) >= 11 is 0. The molecule has 6 nitrogen and oxygen atoms in total. The summed E-state index contributed by atoms with van der Waals surface area (Å²) in [5.41, 5.74) is 5.44. The molecular weight excluding hydrogens is 260 g/mol. The maximum atomic E-state index is 11.7. The number of carbonyl (C=O) groups is 3. The second-order valence-corrected chi connectivity index (χ2v) is 6.13. The van der Waals surface area contributed by atoms with E-state index in [1.807, 2.05) is 0 Å². The Hall–Kier alpha value is -1.59. The van der Waals surface area contributed by atoms with Gasteiger partial charge < -0.3 is 15.8 Å². The topological polar surface area (TPSA) is 98.5 Å². The summed E-state index contributed by atoms with van der Waals surface area (Å²) in [5.74, 6) is -0.988. The van der Waals surface area contributed by atoms with Crippen molar-refractivity contribution >= 4 is 18.3 Å². The van der Waals surface area contributed by atoms with Crippen molar-refractivity contribution in [1.82, 2.24) is 5.32 Å². The molecule has 0 aromatic carbocycles. The van der Waals surface area contributed by atoms with Crippen molar-refractivity contribution in [2.45, 2.75) is 64.5 Å². The molecule has 0 aromatic heterocycles. The summed E-state index contributed by atoms with van der Waals surface area (Å²) in [7, 11) is 0. The first kappa shape index (κ1) is 16.5. The van der Waals surface area contributed by atoms with Crippen molar-refractivity contribution in [1.29, 1.82) is 0 Å². The molecular formula is C14H24N2O4. The lowest BCUT2D eigenvalue weighted by Gasteiger charge is -2.33. The van der Waals surface area contributed by atoms with Gasteiger partial charge in [-0.3, -0.25) is 14.4 Å². The van der Waals surface area contributed by atoms with Gasteiger partial charge in [0.2, 0.25) is 12.3 Å². The smallest absolute Gasteiger partial charge is 0.306 e. The Balaban J connectivity index is 2.30.